The van der Waals surface area contributed by atoms with E-state index >= 15 is 0 Å². The van der Waals surface area contributed by atoms with Gasteiger partial charge in [0.05, 0.1) is 28.4 Å². The van der Waals surface area contributed by atoms with Crippen LogP contribution in [-0.2, 0) is 4.74 Å². The lowest BCUT2D eigenvalue weighted by atomic mass is 9.91. The van der Waals surface area contributed by atoms with Crippen molar-refractivity contribution >= 4 is 39.1 Å². The molecule has 2 aliphatic heterocycles. The first kappa shape index (κ1) is 24.6. The van der Waals surface area contributed by atoms with Gasteiger partial charge in [0.15, 0.2) is 0 Å². The van der Waals surface area contributed by atoms with Gasteiger partial charge in [0.1, 0.15) is 5.82 Å². The van der Waals surface area contributed by atoms with Gasteiger partial charge in [-0.25, -0.2) is 4.98 Å². The number of nitrogens with one attached hydrogen (secondary N) is 1. The van der Waals surface area contributed by atoms with Crippen molar-refractivity contribution in [2.75, 3.05) is 50.8 Å². The van der Waals surface area contributed by atoms with Crippen molar-refractivity contribution in [2.24, 2.45) is 5.92 Å². The predicted molar refractivity (Wildman–Crippen MR) is 142 cm³/mol. The molecule has 0 radical (unpaired) electrons. The van der Waals surface area contributed by atoms with Crippen LogP contribution in [0.15, 0.2) is 42.9 Å². The maximum Gasteiger partial charge on any atom is 0.261 e. The van der Waals surface area contributed by atoms with Crippen LogP contribution in [-0.4, -0.2) is 72.6 Å². The van der Waals surface area contributed by atoms with Gasteiger partial charge in [0.25, 0.3) is 11.8 Å². The number of pyridine rings is 2. The Labute approximate surface area is 215 Å². The lowest BCUT2D eigenvalue weighted by Crippen LogP contribution is -2.39. The van der Waals surface area contributed by atoms with Gasteiger partial charge in [-0.1, -0.05) is 12.8 Å². The first-order valence-corrected chi connectivity index (χ1v) is 13.7. The summed E-state index contributed by atoms with van der Waals surface area (Å²) >= 11 is 1.48. The van der Waals surface area contributed by atoms with E-state index in [1.54, 1.807) is 18.6 Å². The van der Waals surface area contributed by atoms with Crippen molar-refractivity contribution < 1.29 is 14.3 Å². The van der Waals surface area contributed by atoms with Gasteiger partial charge in [-0.2, -0.15) is 0 Å². The summed E-state index contributed by atoms with van der Waals surface area (Å²) in [5.41, 5.74) is 0.663. The van der Waals surface area contributed by atoms with Gasteiger partial charge in [-0.05, 0) is 54.8 Å². The lowest BCUT2D eigenvalue weighted by Gasteiger charge is -2.32. The molecule has 2 fully saturated rings. The fourth-order valence-corrected chi connectivity index (χ4v) is 5.89. The number of carbonyl (C=O) groups excluding carboxylic acids is 2. The Morgan fingerprint density at radius 3 is 2.64 bits per heavy atom. The van der Waals surface area contributed by atoms with E-state index in [1.807, 2.05) is 29.2 Å². The predicted octanol–water partition coefficient (Wildman–Crippen LogP) is 3.98. The first-order valence-electron chi connectivity index (χ1n) is 12.9. The molecule has 0 spiro atoms. The van der Waals surface area contributed by atoms with Crippen LogP contribution in [0.3, 0.4) is 0 Å². The summed E-state index contributed by atoms with van der Waals surface area (Å²) in [6.45, 7) is 5.40. The molecule has 9 heteroatoms. The molecule has 2 amide bonds. The van der Waals surface area contributed by atoms with Crippen LogP contribution in [0.5, 0.6) is 0 Å². The highest BCUT2D eigenvalue weighted by Crippen LogP contribution is 2.25. The molecule has 0 saturated carbocycles. The minimum absolute atomic E-state index is 0.00418. The molecule has 8 nitrogen and oxygen atoms in total. The van der Waals surface area contributed by atoms with Crippen LogP contribution in [0.1, 0.15) is 52.1 Å². The number of ether oxygens (including phenoxy) is 1. The van der Waals surface area contributed by atoms with Crippen molar-refractivity contribution in [2.45, 2.75) is 32.1 Å². The van der Waals surface area contributed by atoms with Crippen LogP contribution in [0.2, 0.25) is 0 Å². The number of aromatic nitrogens is 2. The summed E-state index contributed by atoms with van der Waals surface area (Å²) in [6, 6.07) is 7.71. The van der Waals surface area contributed by atoms with Crippen LogP contribution >= 0.6 is 11.3 Å². The minimum atomic E-state index is -0.00418. The highest BCUT2D eigenvalue weighted by molar-refractivity contribution is 7.20. The number of likely N-dealkylation sites (tertiary alicyclic amines) is 1. The third kappa shape index (κ3) is 6.02. The number of morpholine rings is 1. The second-order valence-corrected chi connectivity index (χ2v) is 10.6. The number of hydrogen-bond donors (Lipinski definition) is 1. The quantitative estimate of drug-likeness (QED) is 0.464. The third-order valence-electron chi connectivity index (χ3n) is 7.10. The summed E-state index contributed by atoms with van der Waals surface area (Å²) in [7, 11) is 0. The van der Waals surface area contributed by atoms with Crippen LogP contribution in [0.25, 0.3) is 10.1 Å². The summed E-state index contributed by atoms with van der Waals surface area (Å²) in [4.78, 5) is 38.9. The Balaban J connectivity index is 0.991. The molecule has 3 aromatic rings. The minimum Gasteiger partial charge on any atom is -0.378 e. The van der Waals surface area contributed by atoms with Gasteiger partial charge in [-0.15, -0.1) is 11.3 Å². The molecule has 190 valence electrons. The standard InChI is InChI=1S/C27H33N5O3S/c33-26(23-17-21-6-10-28-19-24(21)36-23)29-9-2-1-3-20-7-11-32(12-8-20)27(34)22-4-5-25(30-18-22)31-13-15-35-16-14-31/h4-6,10,17-20H,1-3,7-9,11-16H2,(H,29,33). The maximum atomic E-state index is 12.9. The average Bonchev–Trinajstić information content (AvgIpc) is 3.38. The first-order chi connectivity index (χ1) is 17.7. The SMILES string of the molecule is O=C(NCCCCC1CCN(C(=O)c2ccc(N3CCOCC3)nc2)CC1)c1cc2ccncc2s1. The second-order valence-electron chi connectivity index (χ2n) is 9.52. The van der Waals surface area contributed by atoms with E-state index in [-0.39, 0.29) is 11.8 Å². The van der Waals surface area contributed by atoms with Crippen molar-refractivity contribution in [1.29, 1.82) is 0 Å². The Morgan fingerprint density at radius 2 is 1.89 bits per heavy atom. The Bertz CT molecular complexity index is 1130. The number of fused-ring (bicyclic) bond motifs is 1. The molecule has 1 N–H and O–H groups in total. The molecular weight excluding hydrogens is 474 g/mol. The molecular formula is C27H33N5O3S. The average molecular weight is 508 g/mol. The molecule has 36 heavy (non-hydrogen) atoms. The van der Waals surface area contributed by atoms with E-state index < -0.39 is 0 Å². The van der Waals surface area contributed by atoms with Gasteiger partial charge in [0, 0.05) is 51.3 Å². The third-order valence-corrected chi connectivity index (χ3v) is 8.19. The molecule has 2 saturated heterocycles. The van der Waals surface area contributed by atoms with Gasteiger partial charge < -0.3 is 19.9 Å². The van der Waals surface area contributed by atoms with Crippen molar-refractivity contribution in [3.05, 3.63) is 53.3 Å². The van der Waals surface area contributed by atoms with Crippen LogP contribution in [0, 0.1) is 5.92 Å². The highest BCUT2D eigenvalue weighted by Gasteiger charge is 2.24. The Kier molecular flexibility index (Phi) is 8.08. The molecule has 0 unspecified atom stereocenters. The van der Waals surface area contributed by atoms with Gasteiger partial charge >= 0.3 is 0 Å². The summed E-state index contributed by atoms with van der Waals surface area (Å²) in [5, 5.41) is 4.11. The normalized spacial score (nSPS) is 16.9. The number of anilines is 1. The number of piperidine rings is 1. The van der Waals surface area contributed by atoms with E-state index in [0.29, 0.717) is 18.0 Å². The monoisotopic (exact) mass is 507 g/mol. The van der Waals surface area contributed by atoms with Crippen molar-refractivity contribution in [3.8, 4) is 0 Å². The zero-order chi connectivity index (χ0) is 24.7. The number of unbranched alkanes of at least 4 members (excludes halogenated alkanes) is 1. The van der Waals surface area contributed by atoms with Crippen molar-refractivity contribution in [3.63, 3.8) is 0 Å². The van der Waals surface area contributed by atoms with E-state index in [9.17, 15) is 9.59 Å². The number of hydrogen-bond acceptors (Lipinski definition) is 7. The molecule has 0 aliphatic carbocycles. The van der Waals surface area contributed by atoms with E-state index in [0.717, 1.165) is 92.3 Å². The molecule has 5 rings (SSSR count). The smallest absolute Gasteiger partial charge is 0.261 e. The fourth-order valence-electron chi connectivity index (χ4n) is 4.94. The van der Waals surface area contributed by atoms with Crippen LogP contribution in [0.4, 0.5) is 5.82 Å². The van der Waals surface area contributed by atoms with E-state index in [4.69, 9.17) is 4.74 Å². The number of amides is 2. The van der Waals surface area contributed by atoms with Crippen LogP contribution < -0.4 is 10.2 Å². The van der Waals surface area contributed by atoms with Gasteiger partial charge in [-0.3, -0.25) is 14.6 Å². The summed E-state index contributed by atoms with van der Waals surface area (Å²) in [6.07, 6.45) is 10.5. The van der Waals surface area contributed by atoms with E-state index in [2.05, 4.69) is 20.2 Å². The second kappa shape index (κ2) is 11.8. The number of rotatable bonds is 8. The lowest BCUT2D eigenvalue weighted by molar-refractivity contribution is 0.0685. The number of carbonyl (C=O) groups is 2. The highest BCUT2D eigenvalue weighted by atomic mass is 32.1. The zero-order valence-electron chi connectivity index (χ0n) is 20.5. The maximum absolute atomic E-state index is 12.9. The number of nitrogens with zero attached hydrogens (tertiary/aromatic N) is 4. The largest absolute Gasteiger partial charge is 0.378 e. The molecule has 3 aromatic heterocycles. The molecule has 2 aliphatic rings. The molecule has 5 heterocycles. The molecule has 0 aromatic carbocycles. The number of thiophene rings is 1. The Morgan fingerprint density at radius 1 is 1.06 bits per heavy atom. The molecule has 0 bridgehead atoms. The fraction of sp³-hybridized carbons (Fsp3) is 0.481. The van der Waals surface area contributed by atoms with Crippen molar-refractivity contribution in [1.82, 2.24) is 20.2 Å². The van der Waals surface area contributed by atoms with E-state index in [1.165, 1.54) is 11.3 Å². The summed E-state index contributed by atoms with van der Waals surface area (Å²) < 4.78 is 6.43. The Hall–Kier alpha value is -3.04. The zero-order valence-corrected chi connectivity index (χ0v) is 21.3. The van der Waals surface area contributed by atoms with Gasteiger partial charge in [0.2, 0.25) is 0 Å². The summed E-state index contributed by atoms with van der Waals surface area (Å²) in [5.74, 6) is 1.62. The molecule has 0 atom stereocenters. The topological polar surface area (TPSA) is 87.7 Å².